The van der Waals surface area contributed by atoms with Crippen molar-refractivity contribution in [1.29, 1.82) is 0 Å². The van der Waals surface area contributed by atoms with E-state index in [-0.39, 0.29) is 18.6 Å². The number of carbonyl (C=O) groups excluding carboxylic acids is 1. The van der Waals surface area contributed by atoms with Gasteiger partial charge in [-0.1, -0.05) is 34.8 Å². The van der Waals surface area contributed by atoms with Crippen LogP contribution >= 0.6 is 34.8 Å². The summed E-state index contributed by atoms with van der Waals surface area (Å²) in [7, 11) is 0. The summed E-state index contributed by atoms with van der Waals surface area (Å²) in [6.07, 6.45) is -0.0167. The molecule has 0 saturated carbocycles. The maximum atomic E-state index is 11.5. The molecule has 1 aromatic carbocycles. The van der Waals surface area contributed by atoms with E-state index in [1.807, 2.05) is 13.8 Å². The Hall–Kier alpha value is -0.480. The van der Waals surface area contributed by atoms with Gasteiger partial charge in [-0.05, 0) is 26.0 Å². The van der Waals surface area contributed by atoms with Crippen molar-refractivity contribution in [3.05, 3.63) is 27.2 Å². The van der Waals surface area contributed by atoms with Gasteiger partial charge in [0.05, 0.1) is 21.8 Å². The van der Waals surface area contributed by atoms with Crippen LogP contribution in [-0.2, 0) is 9.53 Å². The summed E-state index contributed by atoms with van der Waals surface area (Å²) in [6, 6.07) is 3.02. The number of halogens is 3. The molecular weight excluding hydrogens is 284 g/mol. The molecular formula is C11H12Cl3NO2. The van der Waals surface area contributed by atoms with Gasteiger partial charge in [-0.15, -0.1) is 0 Å². The van der Waals surface area contributed by atoms with Gasteiger partial charge in [0.1, 0.15) is 6.61 Å². The number of hydrogen-bond donors (Lipinski definition) is 1. The van der Waals surface area contributed by atoms with E-state index in [0.717, 1.165) is 0 Å². The number of anilines is 1. The first-order valence-corrected chi connectivity index (χ1v) is 6.09. The number of amides is 1. The molecule has 17 heavy (non-hydrogen) atoms. The van der Waals surface area contributed by atoms with Crippen molar-refractivity contribution in [2.24, 2.45) is 0 Å². The highest BCUT2D eigenvalue weighted by Crippen LogP contribution is 2.33. The second kappa shape index (κ2) is 6.45. The fourth-order valence-corrected chi connectivity index (χ4v) is 1.99. The third-order valence-electron chi connectivity index (χ3n) is 1.82. The van der Waals surface area contributed by atoms with Crippen molar-refractivity contribution < 1.29 is 9.53 Å². The molecule has 0 saturated heterocycles. The van der Waals surface area contributed by atoms with Crippen LogP contribution in [0.25, 0.3) is 0 Å². The van der Waals surface area contributed by atoms with E-state index >= 15 is 0 Å². The largest absolute Gasteiger partial charge is 0.369 e. The molecule has 0 aromatic heterocycles. The number of rotatable bonds is 4. The Kier molecular flexibility index (Phi) is 5.53. The van der Waals surface area contributed by atoms with Gasteiger partial charge in [-0.3, -0.25) is 4.79 Å². The lowest BCUT2D eigenvalue weighted by Crippen LogP contribution is -2.21. The molecule has 0 fully saturated rings. The normalized spacial score (nSPS) is 10.7. The zero-order valence-electron chi connectivity index (χ0n) is 9.39. The van der Waals surface area contributed by atoms with Crippen molar-refractivity contribution in [1.82, 2.24) is 0 Å². The maximum Gasteiger partial charge on any atom is 0.250 e. The van der Waals surface area contributed by atoms with Crippen LogP contribution < -0.4 is 5.32 Å². The molecule has 1 aromatic rings. The van der Waals surface area contributed by atoms with Crippen LogP contribution in [-0.4, -0.2) is 18.6 Å². The predicted molar refractivity (Wildman–Crippen MR) is 71.2 cm³/mol. The Labute approximate surface area is 115 Å². The van der Waals surface area contributed by atoms with E-state index in [1.54, 1.807) is 0 Å². The van der Waals surface area contributed by atoms with Crippen molar-refractivity contribution in [3.8, 4) is 0 Å². The fourth-order valence-electron chi connectivity index (χ4n) is 1.08. The quantitative estimate of drug-likeness (QED) is 0.911. The maximum absolute atomic E-state index is 11.5. The predicted octanol–water partition coefficient (Wildman–Crippen LogP) is 4.01. The molecule has 94 valence electrons. The highest BCUT2D eigenvalue weighted by molar-refractivity contribution is 6.42. The molecule has 0 atom stereocenters. The number of hydrogen-bond acceptors (Lipinski definition) is 2. The second-order valence-electron chi connectivity index (χ2n) is 3.65. The van der Waals surface area contributed by atoms with Gasteiger partial charge in [0.15, 0.2) is 0 Å². The fraction of sp³-hybridized carbons (Fsp3) is 0.364. The summed E-state index contributed by atoms with van der Waals surface area (Å²) in [4.78, 5) is 11.5. The number of nitrogens with one attached hydrogen (secondary N) is 1. The number of ether oxygens (including phenoxy) is 1. The average molecular weight is 297 g/mol. The van der Waals surface area contributed by atoms with Gasteiger partial charge in [0.2, 0.25) is 5.91 Å². The first-order valence-electron chi connectivity index (χ1n) is 4.96. The van der Waals surface area contributed by atoms with Gasteiger partial charge < -0.3 is 10.1 Å². The molecule has 0 aliphatic carbocycles. The van der Waals surface area contributed by atoms with Gasteiger partial charge in [0, 0.05) is 5.02 Å². The molecule has 0 aliphatic rings. The van der Waals surface area contributed by atoms with Crippen molar-refractivity contribution in [2.45, 2.75) is 20.0 Å². The monoisotopic (exact) mass is 295 g/mol. The van der Waals surface area contributed by atoms with Crippen LogP contribution in [0.4, 0.5) is 5.69 Å². The Balaban J connectivity index is 2.72. The second-order valence-corrected chi connectivity index (χ2v) is 4.90. The zero-order valence-corrected chi connectivity index (χ0v) is 11.7. The summed E-state index contributed by atoms with van der Waals surface area (Å²) in [5, 5.41) is 3.57. The molecule has 1 rings (SSSR count). The van der Waals surface area contributed by atoms with Crippen LogP contribution in [0.2, 0.25) is 15.1 Å². The number of carbonyl (C=O) groups is 1. The van der Waals surface area contributed by atoms with E-state index in [1.165, 1.54) is 12.1 Å². The summed E-state index contributed by atoms with van der Waals surface area (Å²) in [5.41, 5.74) is 0.343. The molecule has 1 amide bonds. The minimum absolute atomic E-state index is 0.0167. The molecule has 0 radical (unpaired) electrons. The van der Waals surface area contributed by atoms with E-state index in [4.69, 9.17) is 39.5 Å². The Morgan fingerprint density at radius 2 is 1.82 bits per heavy atom. The van der Waals surface area contributed by atoms with Gasteiger partial charge >= 0.3 is 0 Å². The Morgan fingerprint density at radius 1 is 1.29 bits per heavy atom. The van der Waals surface area contributed by atoms with Crippen molar-refractivity contribution in [2.75, 3.05) is 11.9 Å². The van der Waals surface area contributed by atoms with Crippen LogP contribution in [0.15, 0.2) is 12.1 Å². The Morgan fingerprint density at radius 3 is 2.29 bits per heavy atom. The third kappa shape index (κ3) is 4.72. The van der Waals surface area contributed by atoms with E-state index in [9.17, 15) is 4.79 Å². The van der Waals surface area contributed by atoms with E-state index < -0.39 is 0 Å². The van der Waals surface area contributed by atoms with Crippen molar-refractivity contribution in [3.63, 3.8) is 0 Å². The molecule has 6 heteroatoms. The standard InChI is InChI=1S/C11H12Cl3NO2/c1-6(2)17-5-10(16)15-11-8(13)3-7(12)4-9(11)14/h3-4,6H,5H2,1-2H3,(H,15,16). The minimum Gasteiger partial charge on any atom is -0.369 e. The lowest BCUT2D eigenvalue weighted by atomic mass is 10.3. The van der Waals surface area contributed by atoms with Crippen LogP contribution in [0.5, 0.6) is 0 Å². The van der Waals surface area contributed by atoms with Crippen molar-refractivity contribution >= 4 is 46.4 Å². The van der Waals surface area contributed by atoms with E-state index in [0.29, 0.717) is 20.8 Å². The zero-order chi connectivity index (χ0) is 13.0. The first kappa shape index (κ1) is 14.6. The lowest BCUT2D eigenvalue weighted by molar-refractivity contribution is -0.121. The first-order chi connectivity index (χ1) is 7.90. The summed E-state index contributed by atoms with van der Waals surface area (Å²) in [5.74, 6) is -0.315. The van der Waals surface area contributed by atoms with Gasteiger partial charge in [-0.25, -0.2) is 0 Å². The topological polar surface area (TPSA) is 38.3 Å². The third-order valence-corrected chi connectivity index (χ3v) is 2.63. The molecule has 1 N–H and O–H groups in total. The molecule has 0 spiro atoms. The van der Waals surface area contributed by atoms with Crippen LogP contribution in [0.3, 0.4) is 0 Å². The molecule has 0 unspecified atom stereocenters. The van der Waals surface area contributed by atoms with Crippen LogP contribution in [0, 0.1) is 0 Å². The highest BCUT2D eigenvalue weighted by atomic mass is 35.5. The minimum atomic E-state index is -0.315. The lowest BCUT2D eigenvalue weighted by Gasteiger charge is -2.11. The van der Waals surface area contributed by atoms with Gasteiger partial charge in [-0.2, -0.15) is 0 Å². The van der Waals surface area contributed by atoms with E-state index in [2.05, 4.69) is 5.32 Å². The molecule has 3 nitrogen and oxygen atoms in total. The molecule has 0 bridgehead atoms. The highest BCUT2D eigenvalue weighted by Gasteiger charge is 2.11. The number of benzene rings is 1. The van der Waals surface area contributed by atoms with Crippen LogP contribution in [0.1, 0.15) is 13.8 Å². The molecule has 0 heterocycles. The smallest absolute Gasteiger partial charge is 0.250 e. The summed E-state index contributed by atoms with van der Waals surface area (Å²) in [6.45, 7) is 3.64. The summed E-state index contributed by atoms with van der Waals surface area (Å²) >= 11 is 17.6. The molecule has 0 aliphatic heterocycles. The summed E-state index contributed by atoms with van der Waals surface area (Å²) < 4.78 is 5.16. The Bertz CT molecular complexity index is 398. The average Bonchev–Trinajstić information content (AvgIpc) is 2.20. The SMILES string of the molecule is CC(C)OCC(=O)Nc1c(Cl)cc(Cl)cc1Cl. The van der Waals surface area contributed by atoms with Gasteiger partial charge in [0.25, 0.3) is 0 Å².